The average Bonchev–Trinajstić information content (AvgIpc) is 2.32. The summed E-state index contributed by atoms with van der Waals surface area (Å²) in [5, 5.41) is 0. The van der Waals surface area contributed by atoms with E-state index in [9.17, 15) is 8.42 Å². The fourth-order valence-corrected chi connectivity index (χ4v) is 3.86. The molecule has 1 aliphatic rings. The lowest BCUT2D eigenvalue weighted by Crippen LogP contribution is -2.33. The number of hydrogen-bond acceptors (Lipinski definition) is 3. The first kappa shape index (κ1) is 10.8. The molecule has 1 heterocycles. The predicted molar refractivity (Wildman–Crippen MR) is 56.2 cm³/mol. The van der Waals surface area contributed by atoms with E-state index < -0.39 is 10.0 Å². The summed E-state index contributed by atoms with van der Waals surface area (Å²) in [6.07, 6.45) is 0.969. The maximum Gasteiger partial charge on any atom is 0.224 e. The minimum atomic E-state index is -3.01. The molecule has 72 valence electrons. The Morgan fingerprint density at radius 2 is 2.08 bits per heavy atom. The molecule has 0 spiro atoms. The molecule has 0 saturated carbocycles. The summed E-state index contributed by atoms with van der Waals surface area (Å²) in [6, 6.07) is 0. The van der Waals surface area contributed by atoms with Crippen molar-refractivity contribution in [2.75, 3.05) is 29.3 Å². The van der Waals surface area contributed by atoms with Crippen molar-refractivity contribution >= 4 is 37.7 Å². The molecule has 0 N–H and O–H groups in total. The molecule has 1 aliphatic heterocycles. The van der Waals surface area contributed by atoms with E-state index in [-0.39, 0.29) is 4.66 Å². The van der Waals surface area contributed by atoms with Crippen LogP contribution in [0.25, 0.3) is 0 Å². The number of halogens is 1. The Bertz CT molecular complexity index is 222. The van der Waals surface area contributed by atoms with Crippen LogP contribution in [0, 0.1) is 0 Å². The van der Waals surface area contributed by atoms with Crippen molar-refractivity contribution in [3.63, 3.8) is 0 Å². The molecule has 0 amide bonds. The molecule has 0 aliphatic carbocycles. The van der Waals surface area contributed by atoms with Crippen LogP contribution in [0.1, 0.15) is 6.42 Å². The maximum atomic E-state index is 11.4. The third kappa shape index (κ3) is 2.90. The molecule has 0 radical (unpaired) electrons. The van der Waals surface area contributed by atoms with Gasteiger partial charge in [0.2, 0.25) is 10.0 Å². The molecule has 1 fully saturated rings. The van der Waals surface area contributed by atoms with Gasteiger partial charge >= 0.3 is 0 Å². The summed E-state index contributed by atoms with van der Waals surface area (Å²) in [6.45, 7) is 1.35. The molecule has 0 unspecified atom stereocenters. The quantitative estimate of drug-likeness (QED) is 0.708. The molecule has 6 heteroatoms. The van der Waals surface area contributed by atoms with Crippen LogP contribution >= 0.6 is 27.7 Å². The molecular formula is C6H12BrNO2S2. The number of alkyl halides is 1. The SMILES string of the molecule is O=S(=O)(CBr)N1CCCSCC1. The van der Waals surface area contributed by atoms with Gasteiger partial charge in [0.05, 0.1) is 0 Å². The van der Waals surface area contributed by atoms with E-state index >= 15 is 0 Å². The van der Waals surface area contributed by atoms with Crippen LogP contribution in [-0.4, -0.2) is 42.0 Å². The van der Waals surface area contributed by atoms with E-state index in [0.717, 1.165) is 17.9 Å². The van der Waals surface area contributed by atoms with E-state index in [4.69, 9.17) is 0 Å². The van der Waals surface area contributed by atoms with Crippen molar-refractivity contribution in [3.05, 3.63) is 0 Å². The lowest BCUT2D eigenvalue weighted by atomic mass is 10.5. The standard InChI is InChI=1S/C6H12BrNO2S2/c7-6-12(9,10)8-2-1-4-11-5-3-8/h1-6H2. The van der Waals surface area contributed by atoms with Gasteiger partial charge in [-0.25, -0.2) is 12.7 Å². The Kier molecular flexibility index (Phi) is 4.36. The van der Waals surface area contributed by atoms with Crippen molar-refractivity contribution in [2.24, 2.45) is 0 Å². The molecule has 0 aromatic heterocycles. The van der Waals surface area contributed by atoms with Crippen LogP contribution in [0.3, 0.4) is 0 Å². The zero-order valence-electron chi connectivity index (χ0n) is 6.70. The van der Waals surface area contributed by atoms with Gasteiger partial charge in [-0.3, -0.25) is 0 Å². The predicted octanol–water partition coefficient (Wildman–Crippen LogP) is 1.11. The number of rotatable bonds is 2. The lowest BCUT2D eigenvalue weighted by molar-refractivity contribution is 0.439. The summed E-state index contributed by atoms with van der Waals surface area (Å²) in [5.41, 5.74) is 0. The second-order valence-electron chi connectivity index (χ2n) is 2.59. The fraction of sp³-hybridized carbons (Fsp3) is 1.00. The molecule has 0 bridgehead atoms. The van der Waals surface area contributed by atoms with Gasteiger partial charge in [-0.05, 0) is 12.2 Å². The van der Waals surface area contributed by atoms with Crippen LogP contribution < -0.4 is 0 Å². The van der Waals surface area contributed by atoms with Crippen molar-refractivity contribution < 1.29 is 8.42 Å². The molecule has 0 aromatic carbocycles. The van der Waals surface area contributed by atoms with Crippen LogP contribution in [0.2, 0.25) is 0 Å². The van der Waals surface area contributed by atoms with Gasteiger partial charge in [-0.1, -0.05) is 15.9 Å². The largest absolute Gasteiger partial charge is 0.224 e. The highest BCUT2D eigenvalue weighted by Gasteiger charge is 2.21. The van der Waals surface area contributed by atoms with Crippen LogP contribution in [0.4, 0.5) is 0 Å². The zero-order chi connectivity index (χ0) is 9.03. The molecule has 1 saturated heterocycles. The monoisotopic (exact) mass is 273 g/mol. The number of hydrogen-bond donors (Lipinski definition) is 0. The Labute approximate surface area is 86.1 Å². The molecule has 0 atom stereocenters. The van der Waals surface area contributed by atoms with E-state index in [2.05, 4.69) is 15.9 Å². The third-order valence-corrected chi connectivity index (χ3v) is 5.92. The normalized spacial score (nSPS) is 22.1. The zero-order valence-corrected chi connectivity index (χ0v) is 9.92. The molecule has 12 heavy (non-hydrogen) atoms. The van der Waals surface area contributed by atoms with Gasteiger partial charge in [-0.2, -0.15) is 11.8 Å². The number of nitrogens with zero attached hydrogens (tertiary/aromatic N) is 1. The summed E-state index contributed by atoms with van der Waals surface area (Å²) < 4.78 is 24.4. The van der Waals surface area contributed by atoms with Gasteiger partial charge in [0, 0.05) is 18.8 Å². The van der Waals surface area contributed by atoms with E-state index in [1.54, 1.807) is 4.31 Å². The Balaban J connectivity index is 2.60. The lowest BCUT2D eigenvalue weighted by Gasteiger charge is -2.17. The van der Waals surface area contributed by atoms with Crippen molar-refractivity contribution in [3.8, 4) is 0 Å². The van der Waals surface area contributed by atoms with Gasteiger partial charge in [0.15, 0.2) is 0 Å². The summed E-state index contributed by atoms with van der Waals surface area (Å²) in [7, 11) is -3.01. The molecular weight excluding hydrogens is 262 g/mol. The fourth-order valence-electron chi connectivity index (χ4n) is 1.07. The highest BCUT2D eigenvalue weighted by molar-refractivity contribution is 9.10. The molecule has 3 nitrogen and oxygen atoms in total. The Morgan fingerprint density at radius 3 is 2.75 bits per heavy atom. The minimum Gasteiger partial charge on any atom is -0.211 e. The summed E-state index contributed by atoms with van der Waals surface area (Å²) in [4.78, 5) is 0. The van der Waals surface area contributed by atoms with Crippen molar-refractivity contribution in [1.29, 1.82) is 0 Å². The minimum absolute atomic E-state index is 0.0463. The smallest absolute Gasteiger partial charge is 0.211 e. The first-order valence-electron chi connectivity index (χ1n) is 3.78. The molecule has 1 rings (SSSR count). The molecule has 0 aromatic rings. The third-order valence-electron chi connectivity index (χ3n) is 1.71. The van der Waals surface area contributed by atoms with Crippen molar-refractivity contribution in [2.45, 2.75) is 6.42 Å². The second-order valence-corrected chi connectivity index (χ2v) is 7.08. The van der Waals surface area contributed by atoms with Crippen LogP contribution in [0.15, 0.2) is 0 Å². The van der Waals surface area contributed by atoms with Crippen molar-refractivity contribution in [1.82, 2.24) is 4.31 Å². The van der Waals surface area contributed by atoms with E-state index in [0.29, 0.717) is 13.1 Å². The number of sulfonamides is 1. The second kappa shape index (κ2) is 4.83. The van der Waals surface area contributed by atoms with Crippen LogP contribution in [-0.2, 0) is 10.0 Å². The average molecular weight is 274 g/mol. The van der Waals surface area contributed by atoms with Gasteiger partial charge in [0.25, 0.3) is 0 Å². The highest BCUT2D eigenvalue weighted by atomic mass is 79.9. The Morgan fingerprint density at radius 1 is 1.33 bits per heavy atom. The highest BCUT2D eigenvalue weighted by Crippen LogP contribution is 2.14. The topological polar surface area (TPSA) is 37.4 Å². The van der Waals surface area contributed by atoms with Gasteiger partial charge in [0.1, 0.15) is 4.66 Å². The van der Waals surface area contributed by atoms with Gasteiger partial charge < -0.3 is 0 Å². The van der Waals surface area contributed by atoms with E-state index in [1.165, 1.54) is 0 Å². The summed E-state index contributed by atoms with van der Waals surface area (Å²) in [5.74, 6) is 2.00. The first-order chi connectivity index (χ1) is 5.67. The first-order valence-corrected chi connectivity index (χ1v) is 7.67. The summed E-state index contributed by atoms with van der Waals surface area (Å²) >= 11 is 4.82. The number of thioether (sulfide) groups is 1. The Hall–Kier alpha value is 0.740. The maximum absolute atomic E-state index is 11.4. The van der Waals surface area contributed by atoms with E-state index in [1.807, 2.05) is 11.8 Å². The van der Waals surface area contributed by atoms with Gasteiger partial charge in [-0.15, -0.1) is 0 Å². The van der Waals surface area contributed by atoms with Crippen LogP contribution in [0.5, 0.6) is 0 Å².